The van der Waals surface area contributed by atoms with Gasteiger partial charge in [-0.3, -0.25) is 4.79 Å². The minimum Gasteiger partial charge on any atom is -0.493 e. The third-order valence-corrected chi connectivity index (χ3v) is 5.20. The molecular weight excluding hydrogens is 445 g/mol. The lowest BCUT2D eigenvalue weighted by molar-refractivity contribution is 0.0950. The molecule has 3 aromatic carbocycles. The van der Waals surface area contributed by atoms with Crippen LogP contribution < -0.4 is 14.8 Å². The van der Waals surface area contributed by atoms with Crippen molar-refractivity contribution >= 4 is 40.7 Å². The molecule has 1 amide bonds. The van der Waals surface area contributed by atoms with Gasteiger partial charge in [-0.2, -0.15) is 0 Å². The number of nitrogens with one attached hydrogen (secondary N) is 1. The zero-order valence-corrected chi connectivity index (χ0v) is 18.5. The molecule has 1 N–H and O–H groups in total. The highest BCUT2D eigenvalue weighted by Crippen LogP contribution is 2.27. The smallest absolute Gasteiger partial charge is 0.251 e. The quantitative estimate of drug-likeness (QED) is 0.411. The summed E-state index contributed by atoms with van der Waals surface area (Å²) in [6.45, 7) is 2.89. The van der Waals surface area contributed by atoms with Gasteiger partial charge >= 0.3 is 0 Å². The highest BCUT2D eigenvalue weighted by molar-refractivity contribution is 6.35. The normalized spacial score (nSPS) is 10.5. The molecule has 4 nitrogen and oxygen atoms in total. The highest BCUT2D eigenvalue weighted by Gasteiger charge is 2.13. The number of amides is 1. The molecule has 0 saturated heterocycles. The van der Waals surface area contributed by atoms with Crippen molar-refractivity contribution in [2.24, 2.45) is 0 Å². The van der Waals surface area contributed by atoms with E-state index in [2.05, 4.69) is 5.32 Å². The second kappa shape index (κ2) is 10.6. The zero-order chi connectivity index (χ0) is 21.5. The number of hydrogen-bond acceptors (Lipinski definition) is 3. The van der Waals surface area contributed by atoms with Gasteiger partial charge in [0.1, 0.15) is 18.1 Å². The average molecular weight is 465 g/mol. The molecule has 7 heteroatoms. The lowest BCUT2D eigenvalue weighted by atomic mass is 10.1. The predicted octanol–water partition coefficient (Wildman–Crippen LogP) is 6.55. The van der Waals surface area contributed by atoms with E-state index < -0.39 is 0 Å². The Labute approximate surface area is 190 Å². The summed E-state index contributed by atoms with van der Waals surface area (Å²) in [5.74, 6) is 0.985. The molecule has 156 valence electrons. The number of benzene rings is 3. The van der Waals surface area contributed by atoms with Gasteiger partial charge in [0.15, 0.2) is 0 Å². The molecule has 3 rings (SSSR count). The van der Waals surface area contributed by atoms with E-state index in [-0.39, 0.29) is 19.1 Å². The molecule has 0 aliphatic heterocycles. The fourth-order valence-electron chi connectivity index (χ4n) is 2.79. The Hall–Kier alpha value is -2.40. The van der Waals surface area contributed by atoms with Crippen LogP contribution in [0.1, 0.15) is 28.4 Å². The van der Waals surface area contributed by atoms with Crippen molar-refractivity contribution in [2.45, 2.75) is 20.1 Å². The Morgan fingerprint density at radius 3 is 2.40 bits per heavy atom. The third kappa shape index (κ3) is 5.82. The maximum Gasteiger partial charge on any atom is 0.251 e. The van der Waals surface area contributed by atoms with E-state index in [9.17, 15) is 4.79 Å². The van der Waals surface area contributed by atoms with Gasteiger partial charge in [0.2, 0.25) is 0 Å². The Morgan fingerprint density at radius 2 is 1.67 bits per heavy atom. The largest absolute Gasteiger partial charge is 0.493 e. The molecule has 0 spiro atoms. The standard InChI is InChI=1S/C23H20Cl3NO3/c1-2-29-21-10-8-15(11-17(21)14-30-22-6-4-3-5-19(22)25)23(28)27-13-16-7-9-18(24)12-20(16)26/h3-12H,2,13-14H2,1H3,(H,27,28). The Kier molecular flexibility index (Phi) is 7.86. The van der Waals surface area contributed by atoms with Crippen molar-refractivity contribution in [3.63, 3.8) is 0 Å². The van der Waals surface area contributed by atoms with Crippen LogP contribution in [0.15, 0.2) is 60.7 Å². The summed E-state index contributed by atoms with van der Waals surface area (Å²) in [6.07, 6.45) is 0. The van der Waals surface area contributed by atoms with Crippen LogP contribution in [0, 0.1) is 0 Å². The SMILES string of the molecule is CCOc1ccc(C(=O)NCc2ccc(Cl)cc2Cl)cc1COc1ccccc1Cl. The number of hydrogen-bond donors (Lipinski definition) is 1. The molecule has 0 heterocycles. The summed E-state index contributed by atoms with van der Waals surface area (Å²) in [4.78, 5) is 12.7. The number of ether oxygens (including phenoxy) is 2. The minimum atomic E-state index is -0.233. The van der Waals surface area contributed by atoms with Crippen LogP contribution in [0.2, 0.25) is 15.1 Å². The second-order valence-corrected chi connectivity index (χ2v) is 7.64. The molecule has 0 radical (unpaired) electrons. The summed E-state index contributed by atoms with van der Waals surface area (Å²) in [7, 11) is 0. The molecule has 0 atom stereocenters. The first kappa shape index (κ1) is 22.3. The Balaban J connectivity index is 1.73. The van der Waals surface area contributed by atoms with E-state index >= 15 is 0 Å². The van der Waals surface area contributed by atoms with E-state index in [1.54, 1.807) is 48.5 Å². The topological polar surface area (TPSA) is 47.6 Å². The summed E-state index contributed by atoms with van der Waals surface area (Å²) >= 11 is 18.2. The maximum absolute atomic E-state index is 12.7. The minimum absolute atomic E-state index is 0.212. The number of halogens is 3. The van der Waals surface area contributed by atoms with Crippen LogP contribution in [0.25, 0.3) is 0 Å². The van der Waals surface area contributed by atoms with Crippen LogP contribution in [0.4, 0.5) is 0 Å². The summed E-state index contributed by atoms with van der Waals surface area (Å²) in [5.41, 5.74) is 2.01. The van der Waals surface area contributed by atoms with Crippen molar-refractivity contribution in [2.75, 3.05) is 6.61 Å². The Morgan fingerprint density at radius 1 is 0.867 bits per heavy atom. The fraction of sp³-hybridized carbons (Fsp3) is 0.174. The van der Waals surface area contributed by atoms with Crippen LogP contribution >= 0.6 is 34.8 Å². The van der Waals surface area contributed by atoms with Crippen molar-refractivity contribution in [3.05, 3.63) is 92.4 Å². The predicted molar refractivity (Wildman–Crippen MR) is 121 cm³/mol. The highest BCUT2D eigenvalue weighted by atomic mass is 35.5. The lowest BCUT2D eigenvalue weighted by Crippen LogP contribution is -2.23. The first-order chi connectivity index (χ1) is 14.5. The molecule has 0 aliphatic carbocycles. The third-order valence-electron chi connectivity index (χ3n) is 4.30. The monoisotopic (exact) mass is 463 g/mol. The first-order valence-corrected chi connectivity index (χ1v) is 10.5. The van der Waals surface area contributed by atoms with E-state index in [0.717, 1.165) is 11.1 Å². The molecule has 0 saturated carbocycles. The van der Waals surface area contributed by atoms with Gasteiger partial charge < -0.3 is 14.8 Å². The van der Waals surface area contributed by atoms with Gasteiger partial charge in [-0.15, -0.1) is 0 Å². The van der Waals surface area contributed by atoms with E-state index in [1.807, 2.05) is 19.1 Å². The van der Waals surface area contributed by atoms with Crippen molar-refractivity contribution < 1.29 is 14.3 Å². The van der Waals surface area contributed by atoms with Crippen LogP contribution in [0.5, 0.6) is 11.5 Å². The molecule has 0 aliphatic rings. The van der Waals surface area contributed by atoms with E-state index in [4.69, 9.17) is 44.3 Å². The van der Waals surface area contributed by atoms with Crippen LogP contribution in [-0.4, -0.2) is 12.5 Å². The number of rotatable bonds is 8. The number of carbonyl (C=O) groups is 1. The van der Waals surface area contributed by atoms with Crippen molar-refractivity contribution in [1.82, 2.24) is 5.32 Å². The van der Waals surface area contributed by atoms with E-state index in [0.29, 0.717) is 38.7 Å². The molecule has 0 unspecified atom stereocenters. The van der Waals surface area contributed by atoms with Gasteiger partial charge in [0.05, 0.1) is 11.6 Å². The van der Waals surface area contributed by atoms with E-state index in [1.165, 1.54) is 0 Å². The molecule has 0 aromatic heterocycles. The summed E-state index contributed by atoms with van der Waals surface area (Å²) < 4.78 is 11.5. The zero-order valence-electron chi connectivity index (χ0n) is 16.3. The fourth-order valence-corrected chi connectivity index (χ4v) is 3.46. The van der Waals surface area contributed by atoms with Gasteiger partial charge in [-0.1, -0.05) is 53.0 Å². The second-order valence-electron chi connectivity index (χ2n) is 6.39. The van der Waals surface area contributed by atoms with Crippen molar-refractivity contribution in [3.8, 4) is 11.5 Å². The van der Waals surface area contributed by atoms with Gasteiger partial charge in [-0.25, -0.2) is 0 Å². The number of carbonyl (C=O) groups excluding carboxylic acids is 1. The molecular formula is C23H20Cl3NO3. The van der Waals surface area contributed by atoms with Crippen molar-refractivity contribution in [1.29, 1.82) is 0 Å². The first-order valence-electron chi connectivity index (χ1n) is 9.33. The summed E-state index contributed by atoms with van der Waals surface area (Å²) in [6, 6.07) is 17.6. The molecule has 3 aromatic rings. The molecule has 30 heavy (non-hydrogen) atoms. The summed E-state index contributed by atoms with van der Waals surface area (Å²) in [5, 5.41) is 4.43. The Bertz CT molecular complexity index is 1040. The van der Waals surface area contributed by atoms with Gasteiger partial charge in [0.25, 0.3) is 5.91 Å². The van der Waals surface area contributed by atoms with Gasteiger partial charge in [-0.05, 0) is 55.0 Å². The average Bonchev–Trinajstić information content (AvgIpc) is 2.73. The van der Waals surface area contributed by atoms with Crippen LogP contribution in [-0.2, 0) is 13.2 Å². The lowest BCUT2D eigenvalue weighted by Gasteiger charge is -2.14. The number of para-hydroxylation sites is 1. The van der Waals surface area contributed by atoms with Gasteiger partial charge in [0, 0.05) is 27.7 Å². The van der Waals surface area contributed by atoms with Crippen LogP contribution in [0.3, 0.4) is 0 Å². The molecule has 0 bridgehead atoms. The molecule has 0 fully saturated rings. The maximum atomic E-state index is 12.7.